The molecule has 1 unspecified atom stereocenters. The molecular formula is C16H33N3. The van der Waals surface area contributed by atoms with Crippen LogP contribution in [-0.2, 0) is 0 Å². The lowest BCUT2D eigenvalue weighted by atomic mass is 9.94. The van der Waals surface area contributed by atoms with E-state index in [9.17, 15) is 0 Å². The van der Waals surface area contributed by atoms with Crippen molar-refractivity contribution in [1.82, 2.24) is 14.7 Å². The first kappa shape index (κ1) is 15.3. The second kappa shape index (κ2) is 7.05. The van der Waals surface area contributed by atoms with E-state index in [0.717, 1.165) is 17.9 Å². The van der Waals surface area contributed by atoms with E-state index in [4.69, 9.17) is 0 Å². The number of rotatable bonds is 4. The van der Waals surface area contributed by atoms with Crippen LogP contribution in [0.5, 0.6) is 0 Å². The summed E-state index contributed by atoms with van der Waals surface area (Å²) in [7, 11) is 2.27. The first-order chi connectivity index (χ1) is 9.10. The van der Waals surface area contributed by atoms with Crippen molar-refractivity contribution in [2.75, 3.05) is 52.9 Å². The third-order valence-electron chi connectivity index (χ3n) is 5.05. The van der Waals surface area contributed by atoms with Crippen LogP contribution in [0.25, 0.3) is 0 Å². The molecule has 2 heterocycles. The molecule has 0 aromatic rings. The minimum Gasteiger partial charge on any atom is -0.304 e. The maximum Gasteiger partial charge on any atom is 0.0246 e. The molecule has 2 fully saturated rings. The fraction of sp³-hybridized carbons (Fsp3) is 1.00. The highest BCUT2D eigenvalue weighted by molar-refractivity contribution is 4.85. The highest BCUT2D eigenvalue weighted by Crippen LogP contribution is 2.22. The van der Waals surface area contributed by atoms with E-state index in [0.29, 0.717) is 0 Å². The van der Waals surface area contributed by atoms with Crippen LogP contribution in [0.4, 0.5) is 0 Å². The first-order valence-corrected chi connectivity index (χ1v) is 8.25. The number of likely N-dealkylation sites (N-methyl/N-ethyl adjacent to an activating group) is 1. The van der Waals surface area contributed by atoms with Gasteiger partial charge in [-0.3, -0.25) is 4.90 Å². The summed E-state index contributed by atoms with van der Waals surface area (Å²) in [6, 6.07) is 0.760. The molecular weight excluding hydrogens is 234 g/mol. The Morgan fingerprint density at radius 2 is 1.89 bits per heavy atom. The predicted molar refractivity (Wildman–Crippen MR) is 82.5 cm³/mol. The van der Waals surface area contributed by atoms with E-state index >= 15 is 0 Å². The van der Waals surface area contributed by atoms with Crippen molar-refractivity contribution in [1.29, 1.82) is 0 Å². The number of hydrogen-bond acceptors (Lipinski definition) is 3. The van der Waals surface area contributed by atoms with Crippen molar-refractivity contribution < 1.29 is 0 Å². The van der Waals surface area contributed by atoms with Crippen molar-refractivity contribution in [2.45, 2.75) is 39.7 Å². The van der Waals surface area contributed by atoms with Crippen LogP contribution in [0, 0.1) is 11.8 Å². The minimum absolute atomic E-state index is 0.760. The van der Waals surface area contributed by atoms with Gasteiger partial charge in [0.2, 0.25) is 0 Å². The van der Waals surface area contributed by atoms with Gasteiger partial charge in [0.05, 0.1) is 0 Å². The van der Waals surface area contributed by atoms with Gasteiger partial charge in [-0.15, -0.1) is 0 Å². The van der Waals surface area contributed by atoms with Crippen LogP contribution in [0.2, 0.25) is 0 Å². The van der Waals surface area contributed by atoms with Gasteiger partial charge in [0, 0.05) is 38.8 Å². The SMILES string of the molecule is CCN1CCCC(CN2CCN(C)C[C@@H]2C(C)C)C1. The molecule has 0 radical (unpaired) electrons. The van der Waals surface area contributed by atoms with Crippen LogP contribution in [-0.4, -0.2) is 73.6 Å². The Kier molecular flexibility index (Phi) is 5.67. The summed E-state index contributed by atoms with van der Waals surface area (Å²) in [6.45, 7) is 16.0. The topological polar surface area (TPSA) is 9.72 Å². The lowest BCUT2D eigenvalue weighted by Gasteiger charge is -2.45. The molecule has 0 aromatic carbocycles. The molecule has 3 nitrogen and oxygen atoms in total. The molecule has 2 aliphatic rings. The quantitative estimate of drug-likeness (QED) is 0.771. The van der Waals surface area contributed by atoms with E-state index in [2.05, 4.69) is 42.5 Å². The highest BCUT2D eigenvalue weighted by atomic mass is 15.3. The standard InChI is InChI=1S/C16H33N3/c1-5-18-8-6-7-15(11-18)12-19-10-9-17(4)13-16(19)14(2)3/h14-16H,5-13H2,1-4H3/t15?,16-/m1/s1. The fourth-order valence-electron chi connectivity index (χ4n) is 3.77. The van der Waals surface area contributed by atoms with Crippen molar-refractivity contribution >= 4 is 0 Å². The molecule has 2 rings (SSSR count). The van der Waals surface area contributed by atoms with Crippen molar-refractivity contribution in [3.63, 3.8) is 0 Å². The smallest absolute Gasteiger partial charge is 0.0246 e. The van der Waals surface area contributed by atoms with Crippen molar-refractivity contribution in [2.24, 2.45) is 11.8 Å². The van der Waals surface area contributed by atoms with Crippen LogP contribution in [0.1, 0.15) is 33.6 Å². The summed E-state index contributed by atoms with van der Waals surface area (Å²) in [5, 5.41) is 0. The summed E-state index contributed by atoms with van der Waals surface area (Å²) < 4.78 is 0. The zero-order valence-electron chi connectivity index (χ0n) is 13.4. The van der Waals surface area contributed by atoms with Gasteiger partial charge in [0.1, 0.15) is 0 Å². The third kappa shape index (κ3) is 4.17. The molecule has 112 valence electrons. The fourth-order valence-corrected chi connectivity index (χ4v) is 3.77. The first-order valence-electron chi connectivity index (χ1n) is 8.25. The largest absolute Gasteiger partial charge is 0.304 e. The molecule has 0 amide bonds. The van der Waals surface area contributed by atoms with Gasteiger partial charge < -0.3 is 9.80 Å². The molecule has 19 heavy (non-hydrogen) atoms. The van der Waals surface area contributed by atoms with Crippen LogP contribution >= 0.6 is 0 Å². The van der Waals surface area contributed by atoms with Gasteiger partial charge in [-0.2, -0.15) is 0 Å². The van der Waals surface area contributed by atoms with Crippen molar-refractivity contribution in [3.05, 3.63) is 0 Å². The van der Waals surface area contributed by atoms with Crippen LogP contribution < -0.4 is 0 Å². The molecule has 2 atom stereocenters. The van der Waals surface area contributed by atoms with E-state index in [-0.39, 0.29) is 0 Å². The molecule has 0 N–H and O–H groups in total. The van der Waals surface area contributed by atoms with Crippen LogP contribution in [0.15, 0.2) is 0 Å². The Labute approximate surface area is 119 Å². The monoisotopic (exact) mass is 267 g/mol. The molecule has 2 saturated heterocycles. The molecule has 3 heteroatoms. The summed E-state index contributed by atoms with van der Waals surface area (Å²) >= 11 is 0. The van der Waals surface area contributed by atoms with Gasteiger partial charge in [0.25, 0.3) is 0 Å². The maximum absolute atomic E-state index is 2.79. The Hall–Kier alpha value is -0.120. The summed E-state index contributed by atoms with van der Waals surface area (Å²) in [5.41, 5.74) is 0. The van der Waals surface area contributed by atoms with E-state index in [1.165, 1.54) is 58.7 Å². The lowest BCUT2D eigenvalue weighted by molar-refractivity contribution is 0.0368. The third-order valence-corrected chi connectivity index (χ3v) is 5.05. The average molecular weight is 267 g/mol. The second-order valence-electron chi connectivity index (χ2n) is 6.97. The zero-order valence-corrected chi connectivity index (χ0v) is 13.4. The molecule has 0 bridgehead atoms. The minimum atomic E-state index is 0.760. The Balaban J connectivity index is 1.89. The van der Waals surface area contributed by atoms with Gasteiger partial charge in [0.15, 0.2) is 0 Å². The maximum atomic E-state index is 2.79. The molecule has 0 saturated carbocycles. The van der Waals surface area contributed by atoms with Gasteiger partial charge in [-0.05, 0) is 44.8 Å². The average Bonchev–Trinajstić information content (AvgIpc) is 2.41. The normalized spacial score (nSPS) is 32.1. The Morgan fingerprint density at radius 3 is 2.58 bits per heavy atom. The summed E-state index contributed by atoms with van der Waals surface area (Å²) in [4.78, 5) is 7.92. The van der Waals surface area contributed by atoms with E-state index in [1.807, 2.05) is 0 Å². The lowest BCUT2D eigenvalue weighted by Crippen LogP contribution is -2.56. The molecule has 0 aromatic heterocycles. The summed E-state index contributed by atoms with van der Waals surface area (Å²) in [6.07, 6.45) is 2.84. The number of piperazine rings is 1. The van der Waals surface area contributed by atoms with E-state index in [1.54, 1.807) is 0 Å². The molecule has 2 aliphatic heterocycles. The number of piperidine rings is 1. The number of likely N-dealkylation sites (tertiary alicyclic amines) is 1. The summed E-state index contributed by atoms with van der Waals surface area (Å²) in [5.74, 6) is 1.67. The second-order valence-corrected chi connectivity index (χ2v) is 6.97. The number of nitrogens with zero attached hydrogens (tertiary/aromatic N) is 3. The zero-order chi connectivity index (χ0) is 13.8. The highest BCUT2D eigenvalue weighted by Gasteiger charge is 2.30. The van der Waals surface area contributed by atoms with Gasteiger partial charge in [-0.25, -0.2) is 0 Å². The Morgan fingerprint density at radius 1 is 1.11 bits per heavy atom. The van der Waals surface area contributed by atoms with Crippen LogP contribution in [0.3, 0.4) is 0 Å². The predicted octanol–water partition coefficient (Wildman–Crippen LogP) is 1.99. The van der Waals surface area contributed by atoms with E-state index < -0.39 is 0 Å². The molecule has 0 spiro atoms. The molecule has 0 aliphatic carbocycles. The van der Waals surface area contributed by atoms with Crippen molar-refractivity contribution in [3.8, 4) is 0 Å². The Bertz CT molecular complexity index is 267. The van der Waals surface area contributed by atoms with Gasteiger partial charge >= 0.3 is 0 Å². The van der Waals surface area contributed by atoms with Gasteiger partial charge in [-0.1, -0.05) is 20.8 Å². The number of hydrogen-bond donors (Lipinski definition) is 0.